The molecule has 168 valence electrons. The zero-order chi connectivity index (χ0) is 23.9. The van der Waals surface area contributed by atoms with Crippen molar-refractivity contribution in [1.82, 2.24) is 0 Å². The molecule has 4 rings (SSSR count). The Morgan fingerprint density at radius 1 is 1.03 bits per heavy atom. The largest absolute Gasteiger partial charge is 0.508 e. The number of methoxy groups -OCH3 is 1. The van der Waals surface area contributed by atoms with E-state index in [0.29, 0.717) is 5.75 Å². The normalized spacial score (nSPS) is 17.5. The Hall–Kier alpha value is -3.91. The van der Waals surface area contributed by atoms with Crippen LogP contribution in [0.15, 0.2) is 66.2 Å². The van der Waals surface area contributed by atoms with Crippen molar-refractivity contribution in [2.75, 3.05) is 12.0 Å². The number of hydrogen-bond acceptors (Lipinski definition) is 5. The fraction of sp³-hybridized carbons (Fsp3) is 0.0833. The fourth-order valence-corrected chi connectivity index (χ4v) is 3.91. The Morgan fingerprint density at radius 3 is 2.45 bits per heavy atom. The molecule has 1 aliphatic heterocycles. The molecule has 0 aliphatic carbocycles. The predicted octanol–water partition coefficient (Wildman–Crippen LogP) is 4.96. The van der Waals surface area contributed by atoms with E-state index in [1.165, 1.54) is 43.5 Å². The van der Waals surface area contributed by atoms with Gasteiger partial charge in [-0.05, 0) is 48.0 Å². The average Bonchev–Trinajstić information content (AvgIpc) is 3.06. The highest BCUT2D eigenvalue weighted by Crippen LogP contribution is 2.44. The number of aromatic hydroxyl groups is 1. The van der Waals surface area contributed by atoms with E-state index in [-0.39, 0.29) is 33.2 Å². The Balaban J connectivity index is 1.99. The molecule has 1 heterocycles. The molecule has 1 aliphatic rings. The van der Waals surface area contributed by atoms with Crippen LogP contribution in [0, 0.1) is 11.6 Å². The summed E-state index contributed by atoms with van der Waals surface area (Å²) in [4.78, 5) is 27.0. The topological polar surface area (TPSA) is 87.1 Å². The number of nitrogens with zero attached hydrogens (tertiary/aromatic N) is 1. The number of phenolic OH excluding ortho intramolecular Hbond substituents is 1. The summed E-state index contributed by atoms with van der Waals surface area (Å²) in [5.41, 5.74) is -0.172. The van der Waals surface area contributed by atoms with Crippen LogP contribution in [0.1, 0.15) is 17.2 Å². The SMILES string of the molecule is COc1ccc(Cl)c(/C(O)=C2\C(=O)C(=O)N(c3ccc(F)c(F)c3)C2c2cccc(O)c2)c1. The first-order valence-electron chi connectivity index (χ1n) is 9.61. The van der Waals surface area contributed by atoms with E-state index in [2.05, 4.69) is 0 Å². The number of aliphatic hydroxyl groups excluding tert-OH is 1. The molecule has 2 N–H and O–H groups in total. The number of ketones is 1. The van der Waals surface area contributed by atoms with E-state index in [1.807, 2.05) is 0 Å². The number of benzene rings is 3. The maximum Gasteiger partial charge on any atom is 0.300 e. The van der Waals surface area contributed by atoms with Gasteiger partial charge in [0.05, 0.1) is 23.7 Å². The van der Waals surface area contributed by atoms with Crippen LogP contribution in [0.3, 0.4) is 0 Å². The van der Waals surface area contributed by atoms with Crippen LogP contribution in [0.25, 0.3) is 5.76 Å². The fourth-order valence-electron chi connectivity index (χ4n) is 3.70. The van der Waals surface area contributed by atoms with E-state index in [9.17, 15) is 28.6 Å². The minimum absolute atomic E-state index is 0.0319. The number of anilines is 1. The molecule has 0 saturated carbocycles. The molecule has 1 atom stereocenters. The molecule has 1 saturated heterocycles. The number of phenols is 1. The van der Waals surface area contributed by atoms with Crippen LogP contribution < -0.4 is 9.64 Å². The monoisotopic (exact) mass is 471 g/mol. The third-order valence-corrected chi connectivity index (χ3v) is 5.57. The second-order valence-corrected chi connectivity index (χ2v) is 7.62. The summed E-state index contributed by atoms with van der Waals surface area (Å²) >= 11 is 6.23. The van der Waals surface area contributed by atoms with Gasteiger partial charge < -0.3 is 14.9 Å². The lowest BCUT2D eigenvalue weighted by atomic mass is 9.95. The average molecular weight is 472 g/mol. The van der Waals surface area contributed by atoms with E-state index in [0.717, 1.165) is 23.1 Å². The van der Waals surface area contributed by atoms with Crippen molar-refractivity contribution in [2.24, 2.45) is 0 Å². The zero-order valence-electron chi connectivity index (χ0n) is 17.1. The summed E-state index contributed by atoms with van der Waals surface area (Å²) < 4.78 is 32.6. The van der Waals surface area contributed by atoms with Crippen molar-refractivity contribution < 1.29 is 33.3 Å². The summed E-state index contributed by atoms with van der Waals surface area (Å²) in [6.45, 7) is 0. The van der Waals surface area contributed by atoms with Gasteiger partial charge in [0.2, 0.25) is 0 Å². The number of rotatable bonds is 4. The van der Waals surface area contributed by atoms with Gasteiger partial charge in [-0.25, -0.2) is 8.78 Å². The van der Waals surface area contributed by atoms with Crippen molar-refractivity contribution in [3.8, 4) is 11.5 Å². The number of aliphatic hydroxyl groups is 1. The van der Waals surface area contributed by atoms with Crippen molar-refractivity contribution >= 4 is 34.7 Å². The zero-order valence-corrected chi connectivity index (χ0v) is 17.8. The first kappa shape index (κ1) is 22.3. The number of hydrogen-bond donors (Lipinski definition) is 2. The number of Topliss-reactive ketones (excluding diaryl/α,β-unsaturated/α-hetero) is 1. The number of carbonyl (C=O) groups excluding carboxylic acids is 2. The van der Waals surface area contributed by atoms with Gasteiger partial charge in [0.25, 0.3) is 11.7 Å². The maximum absolute atomic E-state index is 14.0. The van der Waals surface area contributed by atoms with Crippen molar-refractivity contribution in [1.29, 1.82) is 0 Å². The second kappa shape index (κ2) is 8.55. The summed E-state index contributed by atoms with van der Waals surface area (Å²) in [6.07, 6.45) is 0. The lowest BCUT2D eigenvalue weighted by Gasteiger charge is -2.25. The third-order valence-electron chi connectivity index (χ3n) is 5.24. The molecule has 0 spiro atoms. The molecule has 9 heteroatoms. The van der Waals surface area contributed by atoms with E-state index >= 15 is 0 Å². The highest BCUT2D eigenvalue weighted by Gasteiger charge is 2.47. The molecule has 1 amide bonds. The quantitative estimate of drug-likeness (QED) is 0.319. The number of amides is 1. The molecule has 6 nitrogen and oxygen atoms in total. The summed E-state index contributed by atoms with van der Waals surface area (Å²) in [5.74, 6) is -4.91. The highest BCUT2D eigenvalue weighted by molar-refractivity contribution is 6.52. The molecule has 1 unspecified atom stereocenters. The van der Waals surface area contributed by atoms with Gasteiger partial charge in [-0.2, -0.15) is 0 Å². The van der Waals surface area contributed by atoms with Crippen LogP contribution in [0.4, 0.5) is 14.5 Å². The van der Waals surface area contributed by atoms with Crippen molar-refractivity contribution in [2.45, 2.75) is 6.04 Å². The van der Waals surface area contributed by atoms with E-state index < -0.39 is 35.1 Å². The molecule has 3 aromatic rings. The van der Waals surface area contributed by atoms with Crippen molar-refractivity contribution in [3.05, 3.63) is 94.0 Å². The molecular weight excluding hydrogens is 456 g/mol. The maximum atomic E-state index is 14.0. The van der Waals surface area contributed by atoms with Gasteiger partial charge in [-0.3, -0.25) is 14.5 Å². The Bertz CT molecular complexity index is 1320. The molecule has 0 bridgehead atoms. The van der Waals surface area contributed by atoms with Crippen LogP contribution >= 0.6 is 11.6 Å². The van der Waals surface area contributed by atoms with Crippen LogP contribution in [0.5, 0.6) is 11.5 Å². The first-order chi connectivity index (χ1) is 15.7. The van der Waals surface area contributed by atoms with Crippen LogP contribution in [-0.2, 0) is 9.59 Å². The van der Waals surface area contributed by atoms with Gasteiger partial charge in [-0.1, -0.05) is 23.7 Å². The molecule has 33 heavy (non-hydrogen) atoms. The second-order valence-electron chi connectivity index (χ2n) is 7.21. The standard InChI is InChI=1S/C24H16ClF2NO5/c1-33-15-6-7-17(25)16(11-15)22(30)20-21(12-3-2-4-14(29)9-12)28(24(32)23(20)31)13-5-8-18(26)19(27)10-13/h2-11,21,29-30H,1H3/b22-20+. The first-order valence-corrected chi connectivity index (χ1v) is 9.99. The smallest absolute Gasteiger partial charge is 0.300 e. The number of carbonyl (C=O) groups is 2. The Kier molecular flexibility index (Phi) is 5.78. The van der Waals surface area contributed by atoms with Gasteiger partial charge >= 0.3 is 0 Å². The number of halogens is 3. The van der Waals surface area contributed by atoms with Crippen molar-refractivity contribution in [3.63, 3.8) is 0 Å². The van der Waals surface area contributed by atoms with Crippen LogP contribution in [-0.4, -0.2) is 29.0 Å². The summed E-state index contributed by atoms with van der Waals surface area (Å²) in [6, 6.07) is 11.5. The van der Waals surface area contributed by atoms with Gasteiger partial charge in [0.1, 0.15) is 17.3 Å². The lowest BCUT2D eigenvalue weighted by molar-refractivity contribution is -0.132. The minimum Gasteiger partial charge on any atom is -0.508 e. The Labute approximate surface area is 191 Å². The van der Waals surface area contributed by atoms with Crippen LogP contribution in [0.2, 0.25) is 5.02 Å². The lowest BCUT2D eigenvalue weighted by Crippen LogP contribution is -2.29. The van der Waals surface area contributed by atoms with Gasteiger partial charge in [0, 0.05) is 17.3 Å². The van der Waals surface area contributed by atoms with E-state index in [4.69, 9.17) is 16.3 Å². The minimum atomic E-state index is -1.26. The summed E-state index contributed by atoms with van der Waals surface area (Å²) in [5, 5.41) is 21.2. The van der Waals surface area contributed by atoms with Gasteiger partial charge in [-0.15, -0.1) is 0 Å². The molecule has 0 radical (unpaired) electrons. The van der Waals surface area contributed by atoms with Gasteiger partial charge in [0.15, 0.2) is 11.6 Å². The molecular formula is C24H16ClF2NO5. The number of ether oxygens (including phenoxy) is 1. The highest BCUT2D eigenvalue weighted by atomic mass is 35.5. The summed E-state index contributed by atoms with van der Waals surface area (Å²) in [7, 11) is 1.40. The predicted molar refractivity (Wildman–Crippen MR) is 117 cm³/mol. The molecule has 3 aromatic carbocycles. The molecule has 0 aromatic heterocycles. The Morgan fingerprint density at radius 2 is 1.79 bits per heavy atom. The third kappa shape index (κ3) is 3.89. The molecule has 1 fully saturated rings. The van der Waals surface area contributed by atoms with E-state index in [1.54, 1.807) is 6.07 Å².